The first-order valence-corrected chi connectivity index (χ1v) is 10.3. The van der Waals surface area contributed by atoms with Gasteiger partial charge < -0.3 is 9.84 Å². The van der Waals surface area contributed by atoms with Crippen molar-refractivity contribution in [3.8, 4) is 17.0 Å². The molecule has 0 radical (unpaired) electrons. The maximum atomic E-state index is 9.41. The Kier molecular flexibility index (Phi) is 6.23. The first-order chi connectivity index (χ1) is 14.2. The summed E-state index contributed by atoms with van der Waals surface area (Å²) in [7, 11) is 1.70. The number of hydrogen-bond acceptors (Lipinski definition) is 4. The van der Waals surface area contributed by atoms with Crippen molar-refractivity contribution in [3.05, 3.63) is 83.6 Å². The highest BCUT2D eigenvalue weighted by Crippen LogP contribution is 2.29. The normalized spacial score (nSPS) is 17.2. The number of nitrogens with zero attached hydrogens (tertiary/aromatic N) is 2. The van der Waals surface area contributed by atoms with Gasteiger partial charge in [-0.25, -0.2) is 0 Å². The molecule has 3 aromatic rings. The van der Waals surface area contributed by atoms with E-state index in [1.165, 1.54) is 18.4 Å². The second kappa shape index (κ2) is 9.21. The largest absolute Gasteiger partial charge is 0.497 e. The SMILES string of the molecule is COc1ccc(CN2CCC[C@@H](c3cccc(-c4cccc(CO)c4)n3)C2)cc1. The fourth-order valence-corrected chi connectivity index (χ4v) is 4.10. The van der Waals surface area contributed by atoms with Gasteiger partial charge in [0.2, 0.25) is 0 Å². The number of pyridine rings is 1. The molecule has 1 N–H and O–H groups in total. The number of benzene rings is 2. The highest BCUT2D eigenvalue weighted by atomic mass is 16.5. The molecular formula is C25H28N2O2. The van der Waals surface area contributed by atoms with Crippen LogP contribution >= 0.6 is 0 Å². The minimum absolute atomic E-state index is 0.0521. The Balaban J connectivity index is 1.47. The van der Waals surface area contributed by atoms with Crippen molar-refractivity contribution in [1.82, 2.24) is 9.88 Å². The van der Waals surface area contributed by atoms with Crippen LogP contribution < -0.4 is 4.74 Å². The van der Waals surface area contributed by atoms with Crippen LogP contribution in [0.1, 0.15) is 35.6 Å². The van der Waals surface area contributed by atoms with Crippen LogP contribution in [0, 0.1) is 0 Å². The monoisotopic (exact) mass is 388 g/mol. The van der Waals surface area contributed by atoms with Gasteiger partial charge in [0.25, 0.3) is 0 Å². The predicted octanol–water partition coefficient (Wildman–Crippen LogP) is 4.63. The summed E-state index contributed by atoms with van der Waals surface area (Å²) in [5, 5.41) is 9.41. The lowest BCUT2D eigenvalue weighted by molar-refractivity contribution is 0.198. The highest BCUT2D eigenvalue weighted by Gasteiger charge is 2.22. The second-order valence-corrected chi connectivity index (χ2v) is 7.73. The summed E-state index contributed by atoms with van der Waals surface area (Å²) in [5.74, 6) is 1.35. The first-order valence-electron chi connectivity index (χ1n) is 10.3. The number of aliphatic hydroxyl groups excluding tert-OH is 1. The van der Waals surface area contributed by atoms with Gasteiger partial charge in [0.15, 0.2) is 0 Å². The number of rotatable bonds is 6. The Morgan fingerprint density at radius 1 is 1.03 bits per heavy atom. The minimum Gasteiger partial charge on any atom is -0.497 e. The van der Waals surface area contributed by atoms with Crippen molar-refractivity contribution in [3.63, 3.8) is 0 Å². The number of likely N-dealkylation sites (tertiary alicyclic amines) is 1. The van der Waals surface area contributed by atoms with E-state index in [0.717, 1.165) is 47.9 Å². The number of ether oxygens (including phenoxy) is 1. The van der Waals surface area contributed by atoms with Gasteiger partial charge in [0.05, 0.1) is 19.4 Å². The molecule has 1 fully saturated rings. The Labute approximate surface area is 172 Å². The van der Waals surface area contributed by atoms with E-state index < -0.39 is 0 Å². The summed E-state index contributed by atoms with van der Waals surface area (Å²) in [6.07, 6.45) is 2.36. The average Bonchev–Trinajstić information content (AvgIpc) is 2.80. The van der Waals surface area contributed by atoms with E-state index >= 15 is 0 Å². The minimum atomic E-state index is 0.0521. The predicted molar refractivity (Wildman–Crippen MR) is 116 cm³/mol. The molecule has 4 rings (SSSR count). The molecule has 0 unspecified atom stereocenters. The van der Waals surface area contributed by atoms with E-state index in [2.05, 4.69) is 41.3 Å². The van der Waals surface area contributed by atoms with Crippen molar-refractivity contribution in [2.45, 2.75) is 31.9 Å². The van der Waals surface area contributed by atoms with Crippen LogP contribution in [0.15, 0.2) is 66.7 Å². The van der Waals surface area contributed by atoms with Crippen LogP contribution in [0.2, 0.25) is 0 Å². The van der Waals surface area contributed by atoms with Gasteiger partial charge >= 0.3 is 0 Å². The third-order valence-electron chi connectivity index (χ3n) is 5.66. The molecule has 0 amide bonds. The summed E-state index contributed by atoms with van der Waals surface area (Å²) < 4.78 is 5.26. The fourth-order valence-electron chi connectivity index (χ4n) is 4.10. The van der Waals surface area contributed by atoms with Gasteiger partial charge in [-0.05, 0) is 60.8 Å². The molecule has 4 nitrogen and oxygen atoms in total. The average molecular weight is 389 g/mol. The molecule has 0 bridgehead atoms. The molecule has 2 heterocycles. The smallest absolute Gasteiger partial charge is 0.118 e. The Bertz CT molecular complexity index is 940. The summed E-state index contributed by atoms with van der Waals surface area (Å²) in [6, 6.07) is 22.7. The molecule has 1 aliphatic heterocycles. The maximum Gasteiger partial charge on any atom is 0.118 e. The van der Waals surface area contributed by atoms with Gasteiger partial charge in [0.1, 0.15) is 5.75 Å². The van der Waals surface area contributed by atoms with Crippen molar-refractivity contribution in [2.24, 2.45) is 0 Å². The standard InChI is InChI=1S/C25H28N2O2/c1-29-23-12-10-19(11-13-23)16-27-14-4-7-22(17-27)25-9-3-8-24(26-25)21-6-2-5-20(15-21)18-28/h2-3,5-6,8-13,15,22,28H,4,7,14,16-18H2,1H3/t22-/m1/s1. The molecule has 4 heteroatoms. The number of methoxy groups -OCH3 is 1. The Morgan fingerprint density at radius 2 is 1.86 bits per heavy atom. The van der Waals surface area contributed by atoms with Crippen LogP contribution in [-0.2, 0) is 13.2 Å². The fraction of sp³-hybridized carbons (Fsp3) is 0.320. The molecule has 0 spiro atoms. The Hall–Kier alpha value is -2.69. The second-order valence-electron chi connectivity index (χ2n) is 7.73. The topological polar surface area (TPSA) is 45.6 Å². The summed E-state index contributed by atoms with van der Waals surface area (Å²) in [4.78, 5) is 7.51. The first kappa shape index (κ1) is 19.6. The molecular weight excluding hydrogens is 360 g/mol. The van der Waals surface area contributed by atoms with Crippen LogP contribution in [0.25, 0.3) is 11.3 Å². The van der Waals surface area contributed by atoms with Crippen molar-refractivity contribution in [1.29, 1.82) is 0 Å². The van der Waals surface area contributed by atoms with E-state index in [0.29, 0.717) is 5.92 Å². The van der Waals surface area contributed by atoms with Gasteiger partial charge in [0, 0.05) is 30.3 Å². The van der Waals surface area contributed by atoms with Gasteiger partial charge in [-0.15, -0.1) is 0 Å². The molecule has 29 heavy (non-hydrogen) atoms. The van der Waals surface area contributed by atoms with E-state index in [1.54, 1.807) is 7.11 Å². The summed E-state index contributed by atoms with van der Waals surface area (Å²) >= 11 is 0. The van der Waals surface area contributed by atoms with Crippen molar-refractivity contribution < 1.29 is 9.84 Å². The number of aromatic nitrogens is 1. The third-order valence-corrected chi connectivity index (χ3v) is 5.66. The van der Waals surface area contributed by atoms with Crippen LogP contribution in [0.4, 0.5) is 0 Å². The van der Waals surface area contributed by atoms with Crippen LogP contribution in [-0.4, -0.2) is 35.2 Å². The molecule has 1 saturated heterocycles. The summed E-state index contributed by atoms with van der Waals surface area (Å²) in [6.45, 7) is 3.16. The molecule has 0 saturated carbocycles. The van der Waals surface area contributed by atoms with Crippen molar-refractivity contribution >= 4 is 0 Å². The highest BCUT2D eigenvalue weighted by molar-refractivity contribution is 5.60. The zero-order valence-corrected chi connectivity index (χ0v) is 16.9. The Morgan fingerprint density at radius 3 is 2.66 bits per heavy atom. The lowest BCUT2D eigenvalue weighted by Crippen LogP contribution is -2.34. The lowest BCUT2D eigenvalue weighted by atomic mass is 9.93. The van der Waals surface area contributed by atoms with Gasteiger partial charge in [-0.2, -0.15) is 0 Å². The molecule has 150 valence electrons. The van der Waals surface area contributed by atoms with E-state index in [-0.39, 0.29) is 6.61 Å². The zero-order valence-electron chi connectivity index (χ0n) is 16.9. The molecule has 2 aromatic carbocycles. The molecule has 1 atom stereocenters. The number of hydrogen-bond donors (Lipinski definition) is 1. The van der Waals surface area contributed by atoms with Crippen molar-refractivity contribution in [2.75, 3.05) is 20.2 Å². The number of aliphatic hydroxyl groups is 1. The van der Waals surface area contributed by atoms with Gasteiger partial charge in [-0.1, -0.05) is 36.4 Å². The van der Waals surface area contributed by atoms with Crippen LogP contribution in [0.5, 0.6) is 5.75 Å². The van der Waals surface area contributed by atoms with E-state index in [1.807, 2.05) is 30.3 Å². The molecule has 0 aliphatic carbocycles. The number of piperidine rings is 1. The van der Waals surface area contributed by atoms with Crippen LogP contribution in [0.3, 0.4) is 0 Å². The molecule has 1 aromatic heterocycles. The van der Waals surface area contributed by atoms with Gasteiger partial charge in [-0.3, -0.25) is 9.88 Å². The third kappa shape index (κ3) is 4.84. The lowest BCUT2D eigenvalue weighted by Gasteiger charge is -2.32. The molecule has 1 aliphatic rings. The quantitative estimate of drug-likeness (QED) is 0.669. The maximum absolute atomic E-state index is 9.41. The van der Waals surface area contributed by atoms with E-state index in [4.69, 9.17) is 9.72 Å². The summed E-state index contributed by atoms with van der Waals surface area (Å²) in [5.41, 5.74) is 5.43. The van der Waals surface area contributed by atoms with E-state index in [9.17, 15) is 5.11 Å². The zero-order chi connectivity index (χ0) is 20.1.